The van der Waals surface area contributed by atoms with Crippen molar-refractivity contribution in [1.29, 1.82) is 0 Å². The summed E-state index contributed by atoms with van der Waals surface area (Å²) in [6.45, 7) is 5.18. The van der Waals surface area contributed by atoms with Crippen LogP contribution in [0.4, 0.5) is 5.69 Å². The van der Waals surface area contributed by atoms with Gasteiger partial charge >= 0.3 is 0 Å². The molecule has 1 aliphatic heterocycles. The molecule has 0 unspecified atom stereocenters. The second-order valence-electron chi connectivity index (χ2n) is 4.78. The van der Waals surface area contributed by atoms with Gasteiger partial charge in [-0.3, -0.25) is 4.90 Å². The van der Waals surface area contributed by atoms with E-state index in [-0.39, 0.29) is 0 Å². The molecule has 0 aliphatic carbocycles. The smallest absolute Gasteiger partial charge is 0.175 e. The summed E-state index contributed by atoms with van der Waals surface area (Å²) in [4.78, 5) is 5.11. The average Bonchev–Trinajstić information content (AvgIpc) is 2.39. The Bertz CT molecular complexity index is 508. The van der Waals surface area contributed by atoms with Gasteiger partial charge in [-0.2, -0.15) is 0 Å². The van der Waals surface area contributed by atoms with Crippen molar-refractivity contribution in [3.63, 3.8) is 0 Å². The van der Waals surface area contributed by atoms with Gasteiger partial charge in [0.15, 0.2) is 9.84 Å². The van der Waals surface area contributed by atoms with Crippen LogP contribution < -0.4 is 4.90 Å². The zero-order valence-electron chi connectivity index (χ0n) is 11.0. The number of benzene rings is 1. The molecule has 1 heterocycles. The Labute approximate surface area is 123 Å². The van der Waals surface area contributed by atoms with E-state index in [0.717, 1.165) is 43.7 Å². The highest BCUT2D eigenvalue weighted by Gasteiger charge is 2.17. The first kappa shape index (κ1) is 14.8. The molecule has 19 heavy (non-hydrogen) atoms. The third-order valence-electron chi connectivity index (χ3n) is 3.40. The quantitative estimate of drug-likeness (QED) is 0.776. The summed E-state index contributed by atoms with van der Waals surface area (Å²) in [6.07, 6.45) is 1.24. The van der Waals surface area contributed by atoms with Gasteiger partial charge in [0, 0.05) is 50.0 Å². The van der Waals surface area contributed by atoms with Gasteiger partial charge < -0.3 is 4.90 Å². The van der Waals surface area contributed by atoms with Crippen LogP contribution in [0.25, 0.3) is 0 Å². The number of piperazine rings is 1. The number of anilines is 1. The first-order chi connectivity index (χ1) is 9.00. The predicted molar refractivity (Wildman–Crippen MR) is 82.0 cm³/mol. The molecule has 0 saturated carbocycles. The SMILES string of the molecule is CS(=O)(=O)c1ccc(N2CCN(CCBr)CC2)cc1. The van der Waals surface area contributed by atoms with Gasteiger partial charge in [0.2, 0.25) is 0 Å². The maximum absolute atomic E-state index is 11.4. The lowest BCUT2D eigenvalue weighted by molar-refractivity contribution is 0.274. The number of halogens is 1. The molecule has 1 saturated heterocycles. The molecule has 0 radical (unpaired) electrons. The fourth-order valence-corrected chi connectivity index (χ4v) is 3.39. The van der Waals surface area contributed by atoms with Crippen molar-refractivity contribution in [1.82, 2.24) is 4.90 Å². The molecule has 106 valence electrons. The maximum atomic E-state index is 11.4. The lowest BCUT2D eigenvalue weighted by atomic mass is 10.2. The standard InChI is InChI=1S/C13H19BrN2O2S/c1-19(17,18)13-4-2-12(3-5-13)16-10-8-15(7-6-14)9-11-16/h2-5H,6-11H2,1H3. The molecule has 0 atom stereocenters. The van der Waals surface area contributed by atoms with Crippen LogP contribution in [0.5, 0.6) is 0 Å². The second kappa shape index (κ2) is 6.24. The number of rotatable bonds is 4. The lowest BCUT2D eigenvalue weighted by Gasteiger charge is -2.35. The van der Waals surface area contributed by atoms with Crippen molar-refractivity contribution in [3.05, 3.63) is 24.3 Å². The van der Waals surface area contributed by atoms with Crippen molar-refractivity contribution in [2.75, 3.05) is 49.2 Å². The monoisotopic (exact) mass is 346 g/mol. The fourth-order valence-electron chi connectivity index (χ4n) is 2.25. The summed E-state index contributed by atoms with van der Waals surface area (Å²) in [5, 5.41) is 1.01. The Hall–Kier alpha value is -0.590. The van der Waals surface area contributed by atoms with Crippen molar-refractivity contribution >= 4 is 31.5 Å². The van der Waals surface area contributed by atoms with Crippen molar-refractivity contribution < 1.29 is 8.42 Å². The first-order valence-electron chi connectivity index (χ1n) is 6.34. The molecule has 0 aromatic heterocycles. The first-order valence-corrected chi connectivity index (χ1v) is 9.35. The molecule has 1 aliphatic rings. The van der Waals surface area contributed by atoms with E-state index in [2.05, 4.69) is 25.7 Å². The van der Waals surface area contributed by atoms with Gasteiger partial charge in [0.05, 0.1) is 4.90 Å². The molecule has 0 N–H and O–H groups in total. The van der Waals surface area contributed by atoms with Gasteiger partial charge in [0.25, 0.3) is 0 Å². The van der Waals surface area contributed by atoms with E-state index < -0.39 is 9.84 Å². The molecular formula is C13H19BrN2O2S. The average molecular weight is 347 g/mol. The van der Waals surface area contributed by atoms with Crippen LogP contribution in [0.3, 0.4) is 0 Å². The molecular weight excluding hydrogens is 328 g/mol. The van der Waals surface area contributed by atoms with Gasteiger partial charge in [-0.15, -0.1) is 0 Å². The Morgan fingerprint density at radius 2 is 1.68 bits per heavy atom. The summed E-state index contributed by atoms with van der Waals surface area (Å²) < 4.78 is 22.8. The zero-order valence-corrected chi connectivity index (χ0v) is 13.5. The third-order valence-corrected chi connectivity index (χ3v) is 4.89. The number of alkyl halides is 1. The molecule has 0 bridgehead atoms. The fraction of sp³-hybridized carbons (Fsp3) is 0.538. The zero-order chi connectivity index (χ0) is 13.9. The van der Waals surface area contributed by atoms with Gasteiger partial charge in [0.1, 0.15) is 0 Å². The van der Waals surface area contributed by atoms with E-state index in [0.29, 0.717) is 4.90 Å². The Morgan fingerprint density at radius 3 is 2.16 bits per heavy atom. The van der Waals surface area contributed by atoms with E-state index in [1.54, 1.807) is 12.1 Å². The number of sulfone groups is 1. The lowest BCUT2D eigenvalue weighted by Crippen LogP contribution is -2.46. The molecule has 6 heteroatoms. The number of hydrogen-bond acceptors (Lipinski definition) is 4. The summed E-state index contributed by atoms with van der Waals surface area (Å²) in [7, 11) is -3.10. The van der Waals surface area contributed by atoms with Crippen LogP contribution in [0.2, 0.25) is 0 Å². The highest BCUT2D eigenvalue weighted by molar-refractivity contribution is 9.09. The molecule has 1 aromatic carbocycles. The predicted octanol–water partition coefficient (Wildman–Crippen LogP) is 1.61. The summed E-state index contributed by atoms with van der Waals surface area (Å²) >= 11 is 3.46. The van der Waals surface area contributed by atoms with Gasteiger partial charge in [-0.1, -0.05) is 15.9 Å². The van der Waals surface area contributed by atoms with Crippen LogP contribution in [0, 0.1) is 0 Å². The van der Waals surface area contributed by atoms with Crippen LogP contribution >= 0.6 is 15.9 Å². The van der Waals surface area contributed by atoms with E-state index in [4.69, 9.17) is 0 Å². The largest absolute Gasteiger partial charge is 0.369 e. The van der Waals surface area contributed by atoms with Crippen LogP contribution in [0.15, 0.2) is 29.2 Å². The van der Waals surface area contributed by atoms with Gasteiger partial charge in [-0.05, 0) is 24.3 Å². The van der Waals surface area contributed by atoms with E-state index in [1.165, 1.54) is 6.26 Å². The minimum atomic E-state index is -3.10. The summed E-state index contributed by atoms with van der Waals surface area (Å²) in [5.74, 6) is 0. The number of nitrogens with zero attached hydrogens (tertiary/aromatic N) is 2. The Kier molecular flexibility index (Phi) is 4.86. The van der Waals surface area contributed by atoms with Crippen LogP contribution in [0.1, 0.15) is 0 Å². The number of hydrogen-bond donors (Lipinski definition) is 0. The maximum Gasteiger partial charge on any atom is 0.175 e. The third kappa shape index (κ3) is 3.94. The minimum Gasteiger partial charge on any atom is -0.369 e. The normalized spacial score (nSPS) is 17.7. The summed E-state index contributed by atoms with van der Waals surface area (Å²) in [6, 6.07) is 7.18. The molecule has 4 nitrogen and oxygen atoms in total. The van der Waals surface area contributed by atoms with E-state index >= 15 is 0 Å². The minimum absolute atomic E-state index is 0.383. The molecule has 0 spiro atoms. The van der Waals surface area contributed by atoms with E-state index in [1.807, 2.05) is 12.1 Å². The highest BCUT2D eigenvalue weighted by atomic mass is 79.9. The van der Waals surface area contributed by atoms with Crippen molar-refractivity contribution in [2.45, 2.75) is 4.90 Å². The molecule has 0 amide bonds. The van der Waals surface area contributed by atoms with Crippen molar-refractivity contribution in [3.8, 4) is 0 Å². The molecule has 1 aromatic rings. The van der Waals surface area contributed by atoms with E-state index in [9.17, 15) is 8.42 Å². The Balaban J connectivity index is 2.00. The van der Waals surface area contributed by atoms with Crippen molar-refractivity contribution in [2.24, 2.45) is 0 Å². The Morgan fingerprint density at radius 1 is 1.11 bits per heavy atom. The second-order valence-corrected chi connectivity index (χ2v) is 7.59. The topological polar surface area (TPSA) is 40.6 Å². The van der Waals surface area contributed by atoms with Crippen LogP contribution in [-0.4, -0.2) is 57.6 Å². The van der Waals surface area contributed by atoms with Crippen LogP contribution in [-0.2, 0) is 9.84 Å². The highest BCUT2D eigenvalue weighted by Crippen LogP contribution is 2.19. The molecule has 2 rings (SSSR count). The molecule has 1 fully saturated rings. The summed E-state index contributed by atoms with van der Waals surface area (Å²) in [5.41, 5.74) is 1.10. The van der Waals surface area contributed by atoms with Gasteiger partial charge in [-0.25, -0.2) is 8.42 Å².